The summed E-state index contributed by atoms with van der Waals surface area (Å²) in [6.07, 6.45) is 0.653. The molecule has 3 nitrogen and oxygen atoms in total. The summed E-state index contributed by atoms with van der Waals surface area (Å²) in [5.74, 6) is 0.496. The summed E-state index contributed by atoms with van der Waals surface area (Å²) in [6, 6.07) is 3.71. The molecule has 0 spiro atoms. The number of aliphatic hydroxyl groups is 1. The van der Waals surface area contributed by atoms with E-state index < -0.39 is 0 Å². The van der Waals surface area contributed by atoms with Crippen molar-refractivity contribution in [1.29, 1.82) is 0 Å². The second-order valence-electron chi connectivity index (χ2n) is 4.29. The molecule has 0 fully saturated rings. The zero-order valence-corrected chi connectivity index (χ0v) is 10.9. The number of benzene rings is 1. The predicted octanol–water partition coefficient (Wildman–Crippen LogP) is 2.51. The van der Waals surface area contributed by atoms with Gasteiger partial charge in [0.1, 0.15) is 5.75 Å². The number of ether oxygens (including phenoxy) is 1. The van der Waals surface area contributed by atoms with Gasteiger partial charge in [-0.15, -0.1) is 0 Å². The molecule has 0 bridgehead atoms. The topological polar surface area (TPSA) is 46.5 Å². The van der Waals surface area contributed by atoms with E-state index in [-0.39, 0.29) is 18.3 Å². The molecule has 0 radical (unpaired) electrons. The van der Waals surface area contributed by atoms with Gasteiger partial charge in [0.25, 0.3) is 0 Å². The molecule has 17 heavy (non-hydrogen) atoms. The first-order chi connectivity index (χ1) is 8.04. The Kier molecular flexibility index (Phi) is 4.70. The van der Waals surface area contributed by atoms with E-state index in [1.807, 2.05) is 32.9 Å². The lowest BCUT2D eigenvalue weighted by Gasteiger charge is -2.14. The molecule has 0 saturated carbocycles. The molecule has 1 N–H and O–H groups in total. The number of rotatable bonds is 5. The first kappa shape index (κ1) is 13.7. The van der Waals surface area contributed by atoms with Crippen LogP contribution < -0.4 is 4.74 Å². The van der Waals surface area contributed by atoms with Crippen molar-refractivity contribution in [3.05, 3.63) is 28.8 Å². The van der Waals surface area contributed by atoms with Crippen molar-refractivity contribution in [2.45, 2.75) is 27.2 Å². The SMILES string of the molecule is CCC(CO)C(=O)c1cc(C)c(OC)cc1C. The van der Waals surface area contributed by atoms with E-state index in [4.69, 9.17) is 4.74 Å². The Hall–Kier alpha value is -1.35. The number of Topliss-reactive ketones (excluding diaryl/α,β-unsaturated/α-hetero) is 1. The van der Waals surface area contributed by atoms with Crippen LogP contribution in [0.4, 0.5) is 0 Å². The van der Waals surface area contributed by atoms with E-state index in [2.05, 4.69) is 0 Å². The highest BCUT2D eigenvalue weighted by Gasteiger charge is 2.20. The molecule has 0 aliphatic rings. The third-order valence-electron chi connectivity index (χ3n) is 3.09. The molecule has 0 aromatic heterocycles. The predicted molar refractivity (Wildman–Crippen MR) is 67.7 cm³/mol. The quantitative estimate of drug-likeness (QED) is 0.799. The standard InChI is InChI=1S/C14H20O3/c1-5-11(8-15)14(16)12-6-10(3)13(17-4)7-9(12)2/h6-7,11,15H,5,8H2,1-4H3. The molecule has 94 valence electrons. The molecule has 3 heteroatoms. The maximum absolute atomic E-state index is 12.2. The van der Waals surface area contributed by atoms with Crippen LogP contribution in [-0.4, -0.2) is 24.6 Å². The van der Waals surface area contributed by atoms with Crippen molar-refractivity contribution in [3.63, 3.8) is 0 Å². The lowest BCUT2D eigenvalue weighted by molar-refractivity contribution is 0.0855. The van der Waals surface area contributed by atoms with Crippen molar-refractivity contribution in [1.82, 2.24) is 0 Å². The molecule has 1 aromatic carbocycles. The fraction of sp³-hybridized carbons (Fsp3) is 0.500. The van der Waals surface area contributed by atoms with Crippen LogP contribution in [0, 0.1) is 19.8 Å². The number of ketones is 1. The van der Waals surface area contributed by atoms with Gasteiger partial charge < -0.3 is 9.84 Å². The van der Waals surface area contributed by atoms with Crippen LogP contribution in [-0.2, 0) is 0 Å². The van der Waals surface area contributed by atoms with Crippen LogP contribution in [0.15, 0.2) is 12.1 Å². The van der Waals surface area contributed by atoms with Gasteiger partial charge in [-0.2, -0.15) is 0 Å². The zero-order chi connectivity index (χ0) is 13.0. The minimum Gasteiger partial charge on any atom is -0.496 e. The van der Waals surface area contributed by atoms with Crippen LogP contribution in [0.3, 0.4) is 0 Å². The molecular weight excluding hydrogens is 216 g/mol. The Bertz CT molecular complexity index is 406. The minimum atomic E-state index is -0.304. The summed E-state index contributed by atoms with van der Waals surface area (Å²) in [4.78, 5) is 12.2. The van der Waals surface area contributed by atoms with E-state index in [1.165, 1.54) is 0 Å². The summed E-state index contributed by atoms with van der Waals surface area (Å²) in [7, 11) is 1.62. The van der Waals surface area contributed by atoms with Crippen LogP contribution in [0.25, 0.3) is 0 Å². The first-order valence-corrected chi connectivity index (χ1v) is 5.85. The van der Waals surface area contributed by atoms with E-state index in [9.17, 15) is 9.90 Å². The minimum absolute atomic E-state index is 0.0123. The van der Waals surface area contributed by atoms with Crippen molar-refractivity contribution >= 4 is 5.78 Å². The lowest BCUT2D eigenvalue weighted by atomic mass is 9.92. The van der Waals surface area contributed by atoms with E-state index in [1.54, 1.807) is 7.11 Å². The average Bonchev–Trinajstić information content (AvgIpc) is 2.32. The average molecular weight is 236 g/mol. The normalized spacial score (nSPS) is 12.3. The molecule has 1 rings (SSSR count). The molecular formula is C14H20O3. The largest absolute Gasteiger partial charge is 0.496 e. The Morgan fingerprint density at radius 2 is 2.00 bits per heavy atom. The second-order valence-corrected chi connectivity index (χ2v) is 4.29. The summed E-state index contributed by atoms with van der Waals surface area (Å²) in [5, 5.41) is 9.17. The third kappa shape index (κ3) is 2.86. The molecule has 1 unspecified atom stereocenters. The molecule has 1 aromatic rings. The monoisotopic (exact) mass is 236 g/mol. The van der Waals surface area contributed by atoms with Gasteiger partial charge in [-0.05, 0) is 43.5 Å². The van der Waals surface area contributed by atoms with E-state index in [0.717, 1.165) is 16.9 Å². The summed E-state index contributed by atoms with van der Waals surface area (Å²) in [6.45, 7) is 5.61. The Morgan fingerprint density at radius 1 is 1.35 bits per heavy atom. The van der Waals surface area contributed by atoms with Gasteiger partial charge in [0.2, 0.25) is 0 Å². The zero-order valence-electron chi connectivity index (χ0n) is 10.9. The van der Waals surface area contributed by atoms with E-state index in [0.29, 0.717) is 12.0 Å². The molecule has 0 amide bonds. The highest BCUT2D eigenvalue weighted by atomic mass is 16.5. The number of aryl methyl sites for hydroxylation is 2. The lowest BCUT2D eigenvalue weighted by Crippen LogP contribution is -2.19. The maximum Gasteiger partial charge on any atom is 0.168 e. The van der Waals surface area contributed by atoms with Gasteiger partial charge >= 0.3 is 0 Å². The Labute approximate surface area is 102 Å². The van der Waals surface area contributed by atoms with Crippen molar-refractivity contribution < 1.29 is 14.6 Å². The van der Waals surface area contributed by atoms with Gasteiger partial charge in [-0.3, -0.25) is 4.79 Å². The Morgan fingerprint density at radius 3 is 2.47 bits per heavy atom. The number of hydrogen-bond acceptors (Lipinski definition) is 3. The summed E-state index contributed by atoms with van der Waals surface area (Å²) < 4.78 is 5.21. The van der Waals surface area contributed by atoms with Crippen molar-refractivity contribution in [3.8, 4) is 5.75 Å². The van der Waals surface area contributed by atoms with Crippen LogP contribution in [0.2, 0.25) is 0 Å². The number of aliphatic hydroxyl groups excluding tert-OH is 1. The van der Waals surface area contributed by atoms with Gasteiger partial charge in [-0.1, -0.05) is 6.92 Å². The van der Waals surface area contributed by atoms with E-state index >= 15 is 0 Å². The molecule has 0 heterocycles. The number of carbonyl (C=O) groups excluding carboxylic acids is 1. The molecule has 1 atom stereocenters. The van der Waals surface area contributed by atoms with Gasteiger partial charge in [0, 0.05) is 11.5 Å². The third-order valence-corrected chi connectivity index (χ3v) is 3.09. The highest BCUT2D eigenvalue weighted by molar-refractivity contribution is 5.99. The molecule has 0 aliphatic carbocycles. The molecule has 0 aliphatic heterocycles. The number of carbonyl (C=O) groups is 1. The summed E-state index contributed by atoms with van der Waals surface area (Å²) >= 11 is 0. The second kappa shape index (κ2) is 5.82. The number of hydrogen-bond donors (Lipinski definition) is 1. The van der Waals surface area contributed by atoms with Crippen LogP contribution in [0.5, 0.6) is 5.75 Å². The van der Waals surface area contributed by atoms with Crippen LogP contribution in [0.1, 0.15) is 34.8 Å². The van der Waals surface area contributed by atoms with Crippen LogP contribution >= 0.6 is 0 Å². The van der Waals surface area contributed by atoms with Crippen molar-refractivity contribution in [2.75, 3.05) is 13.7 Å². The molecule has 0 saturated heterocycles. The Balaban J connectivity index is 3.14. The smallest absolute Gasteiger partial charge is 0.168 e. The van der Waals surface area contributed by atoms with Gasteiger partial charge in [-0.25, -0.2) is 0 Å². The maximum atomic E-state index is 12.2. The number of methoxy groups -OCH3 is 1. The fourth-order valence-corrected chi connectivity index (χ4v) is 1.89. The fourth-order valence-electron chi connectivity index (χ4n) is 1.89. The summed E-state index contributed by atoms with van der Waals surface area (Å²) in [5.41, 5.74) is 2.52. The van der Waals surface area contributed by atoms with Crippen molar-refractivity contribution in [2.24, 2.45) is 5.92 Å². The first-order valence-electron chi connectivity index (χ1n) is 5.85. The highest BCUT2D eigenvalue weighted by Crippen LogP contribution is 2.24. The van der Waals surface area contributed by atoms with Gasteiger partial charge in [0.15, 0.2) is 5.78 Å². The van der Waals surface area contributed by atoms with Gasteiger partial charge in [0.05, 0.1) is 13.7 Å².